The molecule has 29 heavy (non-hydrogen) atoms. The van der Waals surface area contributed by atoms with Crippen molar-refractivity contribution in [3.8, 4) is 11.5 Å². The zero-order valence-electron chi connectivity index (χ0n) is 17.4. The Labute approximate surface area is 178 Å². The molecule has 2 aromatic carbocycles. The summed E-state index contributed by atoms with van der Waals surface area (Å²) in [6.07, 6.45) is 0. The van der Waals surface area contributed by atoms with Gasteiger partial charge in [0.25, 0.3) is 0 Å². The monoisotopic (exact) mass is 423 g/mol. The fourth-order valence-corrected chi connectivity index (χ4v) is 3.16. The summed E-state index contributed by atoms with van der Waals surface area (Å²) in [5, 5.41) is 11.7. The van der Waals surface area contributed by atoms with Crippen LogP contribution in [0.25, 0.3) is 0 Å². The van der Waals surface area contributed by atoms with Crippen molar-refractivity contribution in [2.45, 2.75) is 19.4 Å². The standard InChI is InChI=1S/C22H29NO5.ClH/c1-5-23(6-2)15-16-28-21(24)22(25,17-11-7-9-13-19(17)26-3)18-12-8-10-14-20(18)27-4;/h7-14,25H,5-6,15-16H2,1-4H3;1H. The summed E-state index contributed by atoms with van der Waals surface area (Å²) in [5.74, 6) is 0.00172. The van der Waals surface area contributed by atoms with E-state index < -0.39 is 11.6 Å². The van der Waals surface area contributed by atoms with E-state index in [0.717, 1.165) is 13.1 Å². The third-order valence-corrected chi connectivity index (χ3v) is 4.82. The van der Waals surface area contributed by atoms with Crippen molar-refractivity contribution >= 4 is 18.4 Å². The Balaban J connectivity index is 0.00000420. The normalized spacial score (nSPS) is 11.0. The van der Waals surface area contributed by atoms with Crippen LogP contribution in [0.3, 0.4) is 0 Å². The maximum Gasteiger partial charge on any atom is 0.348 e. The summed E-state index contributed by atoms with van der Waals surface area (Å²) in [7, 11) is 2.99. The third kappa shape index (κ3) is 5.41. The molecule has 6 nitrogen and oxygen atoms in total. The molecule has 0 aliphatic carbocycles. The largest absolute Gasteiger partial charge is 0.496 e. The van der Waals surface area contributed by atoms with Crippen molar-refractivity contribution in [3.05, 3.63) is 59.7 Å². The van der Waals surface area contributed by atoms with Gasteiger partial charge in [-0.05, 0) is 25.2 Å². The van der Waals surface area contributed by atoms with Gasteiger partial charge in [-0.2, -0.15) is 0 Å². The first-order valence-corrected chi connectivity index (χ1v) is 9.41. The number of ether oxygens (including phenoxy) is 3. The first-order valence-electron chi connectivity index (χ1n) is 9.41. The minimum atomic E-state index is -2.07. The highest BCUT2D eigenvalue weighted by Gasteiger charge is 2.45. The SMILES string of the molecule is CCN(CC)CCOC(=O)C(O)(c1ccccc1OC)c1ccccc1OC.Cl. The molecule has 0 atom stereocenters. The van der Waals surface area contributed by atoms with Crippen molar-refractivity contribution in [3.63, 3.8) is 0 Å². The molecule has 0 fully saturated rings. The molecule has 0 spiro atoms. The van der Waals surface area contributed by atoms with Crippen LogP contribution in [-0.4, -0.2) is 56.4 Å². The molecular weight excluding hydrogens is 394 g/mol. The molecule has 0 aliphatic rings. The summed E-state index contributed by atoms with van der Waals surface area (Å²) < 4.78 is 16.3. The van der Waals surface area contributed by atoms with Crippen LogP contribution in [0, 0.1) is 0 Å². The van der Waals surface area contributed by atoms with E-state index in [1.54, 1.807) is 48.5 Å². The molecule has 160 valence electrons. The van der Waals surface area contributed by atoms with E-state index in [1.165, 1.54) is 14.2 Å². The third-order valence-electron chi connectivity index (χ3n) is 4.82. The quantitative estimate of drug-likeness (QED) is 0.591. The first kappa shape index (κ1) is 24.8. The number of carbonyl (C=O) groups is 1. The lowest BCUT2D eigenvalue weighted by Gasteiger charge is -2.30. The van der Waals surface area contributed by atoms with Crippen LogP contribution < -0.4 is 9.47 Å². The maximum atomic E-state index is 13.2. The van der Waals surface area contributed by atoms with Crippen molar-refractivity contribution in [1.29, 1.82) is 0 Å². The second kappa shape index (κ2) is 11.7. The van der Waals surface area contributed by atoms with Gasteiger partial charge in [-0.25, -0.2) is 4.79 Å². The van der Waals surface area contributed by atoms with Gasteiger partial charge in [0, 0.05) is 17.7 Å². The zero-order chi connectivity index (χ0) is 20.6. The molecule has 0 saturated carbocycles. The Morgan fingerprint density at radius 1 is 0.931 bits per heavy atom. The highest BCUT2D eigenvalue weighted by Crippen LogP contribution is 2.40. The van der Waals surface area contributed by atoms with Crippen molar-refractivity contribution < 1.29 is 24.1 Å². The number of benzene rings is 2. The first-order chi connectivity index (χ1) is 13.5. The predicted octanol–water partition coefficient (Wildman–Crippen LogP) is 3.25. The minimum absolute atomic E-state index is 0. The van der Waals surface area contributed by atoms with Gasteiger partial charge in [-0.15, -0.1) is 12.4 Å². The number of halogens is 1. The van der Waals surface area contributed by atoms with Gasteiger partial charge in [-0.3, -0.25) is 0 Å². The van der Waals surface area contributed by atoms with Crippen LogP contribution in [0.5, 0.6) is 11.5 Å². The number of para-hydroxylation sites is 2. The Kier molecular flexibility index (Phi) is 9.95. The summed E-state index contributed by atoms with van der Waals surface area (Å²) in [6.45, 7) is 6.57. The van der Waals surface area contributed by atoms with E-state index in [-0.39, 0.29) is 19.0 Å². The summed E-state index contributed by atoms with van der Waals surface area (Å²) in [4.78, 5) is 15.3. The van der Waals surface area contributed by atoms with Gasteiger partial charge in [0.15, 0.2) is 0 Å². The van der Waals surface area contributed by atoms with E-state index in [1.807, 2.05) is 13.8 Å². The van der Waals surface area contributed by atoms with Crippen LogP contribution in [0.1, 0.15) is 25.0 Å². The number of nitrogens with zero attached hydrogens (tertiary/aromatic N) is 1. The second-order valence-electron chi connectivity index (χ2n) is 6.27. The molecule has 0 saturated heterocycles. The van der Waals surface area contributed by atoms with Crippen molar-refractivity contribution in [2.24, 2.45) is 0 Å². The molecule has 0 heterocycles. The highest BCUT2D eigenvalue weighted by atomic mass is 35.5. The van der Waals surface area contributed by atoms with Gasteiger partial charge in [0.05, 0.1) is 14.2 Å². The smallest absolute Gasteiger partial charge is 0.348 e. The molecule has 2 aromatic rings. The van der Waals surface area contributed by atoms with Crippen molar-refractivity contribution in [1.82, 2.24) is 4.90 Å². The Morgan fingerprint density at radius 2 is 1.38 bits per heavy atom. The Bertz CT molecular complexity index is 732. The van der Waals surface area contributed by atoms with Crippen LogP contribution in [-0.2, 0) is 15.1 Å². The zero-order valence-corrected chi connectivity index (χ0v) is 18.2. The topological polar surface area (TPSA) is 68.2 Å². The van der Waals surface area contributed by atoms with E-state index in [0.29, 0.717) is 29.2 Å². The summed E-state index contributed by atoms with van der Waals surface area (Å²) >= 11 is 0. The van der Waals surface area contributed by atoms with E-state index >= 15 is 0 Å². The Morgan fingerprint density at radius 3 is 1.79 bits per heavy atom. The number of carbonyl (C=O) groups excluding carboxylic acids is 1. The van der Waals surface area contributed by atoms with Crippen LogP contribution in [0.4, 0.5) is 0 Å². The average molecular weight is 424 g/mol. The van der Waals surface area contributed by atoms with Crippen LogP contribution in [0.2, 0.25) is 0 Å². The molecule has 0 aliphatic heterocycles. The Hall–Kier alpha value is -2.28. The molecule has 0 aromatic heterocycles. The fourth-order valence-electron chi connectivity index (χ4n) is 3.16. The molecule has 0 bridgehead atoms. The molecule has 0 unspecified atom stereocenters. The lowest BCUT2D eigenvalue weighted by atomic mass is 9.85. The molecule has 0 radical (unpaired) electrons. The van der Waals surface area contributed by atoms with Gasteiger partial charge in [-0.1, -0.05) is 50.2 Å². The minimum Gasteiger partial charge on any atom is -0.496 e. The van der Waals surface area contributed by atoms with Crippen LogP contribution in [0.15, 0.2) is 48.5 Å². The van der Waals surface area contributed by atoms with Crippen LogP contribution >= 0.6 is 12.4 Å². The number of rotatable bonds is 10. The van der Waals surface area contributed by atoms with E-state index in [9.17, 15) is 9.90 Å². The fraction of sp³-hybridized carbons (Fsp3) is 0.409. The molecular formula is C22H30ClNO5. The van der Waals surface area contributed by atoms with Gasteiger partial charge >= 0.3 is 5.97 Å². The maximum absolute atomic E-state index is 13.2. The number of hydrogen-bond donors (Lipinski definition) is 1. The highest BCUT2D eigenvalue weighted by molar-refractivity contribution is 5.87. The lowest BCUT2D eigenvalue weighted by Crippen LogP contribution is -2.40. The lowest BCUT2D eigenvalue weighted by molar-refractivity contribution is -0.162. The average Bonchev–Trinajstić information content (AvgIpc) is 2.75. The molecule has 1 N–H and O–H groups in total. The number of esters is 1. The van der Waals surface area contributed by atoms with Gasteiger partial charge in [0.2, 0.25) is 5.60 Å². The van der Waals surface area contributed by atoms with Gasteiger partial charge in [0.1, 0.15) is 18.1 Å². The number of aliphatic hydroxyl groups is 1. The van der Waals surface area contributed by atoms with Gasteiger partial charge < -0.3 is 24.2 Å². The molecule has 2 rings (SSSR count). The number of methoxy groups -OCH3 is 2. The molecule has 0 amide bonds. The van der Waals surface area contributed by atoms with E-state index in [2.05, 4.69) is 4.90 Å². The predicted molar refractivity (Wildman–Crippen MR) is 115 cm³/mol. The van der Waals surface area contributed by atoms with E-state index in [4.69, 9.17) is 14.2 Å². The number of hydrogen-bond acceptors (Lipinski definition) is 6. The summed E-state index contributed by atoms with van der Waals surface area (Å²) in [5.41, 5.74) is -1.47. The van der Waals surface area contributed by atoms with Crippen molar-refractivity contribution in [2.75, 3.05) is 40.5 Å². The number of likely N-dealkylation sites (N-methyl/N-ethyl adjacent to an activating group) is 1. The molecule has 7 heteroatoms. The second-order valence-corrected chi connectivity index (χ2v) is 6.27. The summed E-state index contributed by atoms with van der Waals surface area (Å²) in [6, 6.07) is 13.7.